The second-order valence-electron chi connectivity index (χ2n) is 7.89. The molecule has 8 heteroatoms. The van der Waals surface area contributed by atoms with Crippen molar-refractivity contribution in [1.82, 2.24) is 5.43 Å². The third-order valence-electron chi connectivity index (χ3n) is 5.66. The predicted octanol–water partition coefficient (Wildman–Crippen LogP) is 4.79. The summed E-state index contributed by atoms with van der Waals surface area (Å²) in [4.78, 5) is 36.4. The van der Waals surface area contributed by atoms with Crippen LogP contribution in [-0.2, 0) is 16.2 Å². The summed E-state index contributed by atoms with van der Waals surface area (Å²) in [5, 5.41) is 15.0. The molecule has 0 aliphatic carbocycles. The number of nitrogens with one attached hydrogen (secondary N) is 1. The molecule has 8 nitrogen and oxygen atoms in total. The highest BCUT2D eigenvalue weighted by Gasteiger charge is 2.34. The van der Waals surface area contributed by atoms with Crippen LogP contribution in [0.25, 0.3) is 16.8 Å². The summed E-state index contributed by atoms with van der Waals surface area (Å²) in [6.45, 7) is 0.148. The van der Waals surface area contributed by atoms with Gasteiger partial charge in [0.05, 0.1) is 10.6 Å². The van der Waals surface area contributed by atoms with Gasteiger partial charge in [0.1, 0.15) is 12.2 Å². The van der Waals surface area contributed by atoms with Crippen molar-refractivity contribution in [2.75, 3.05) is 5.01 Å². The normalized spacial score (nSPS) is 14.4. The number of hydrogen-bond donors (Lipinski definition) is 1. The highest BCUT2D eigenvalue weighted by atomic mass is 16.6. The van der Waals surface area contributed by atoms with Crippen molar-refractivity contribution < 1.29 is 19.2 Å². The van der Waals surface area contributed by atoms with Crippen molar-refractivity contribution >= 4 is 40.0 Å². The minimum atomic E-state index is -0.585. The van der Waals surface area contributed by atoms with E-state index in [2.05, 4.69) is 5.43 Å². The minimum absolute atomic E-state index is 0.0956. The van der Waals surface area contributed by atoms with E-state index in [0.717, 1.165) is 21.3 Å². The number of rotatable bonds is 6. The number of para-hydroxylation sites is 1. The van der Waals surface area contributed by atoms with Gasteiger partial charge in [-0.3, -0.25) is 25.1 Å². The Balaban J connectivity index is 1.41. The summed E-state index contributed by atoms with van der Waals surface area (Å²) in [5.41, 5.74) is 3.88. The van der Waals surface area contributed by atoms with Crippen LogP contribution in [0.2, 0.25) is 0 Å². The molecule has 0 aromatic heterocycles. The topological polar surface area (TPSA) is 102 Å². The number of ether oxygens (including phenoxy) is 1. The van der Waals surface area contributed by atoms with Crippen LogP contribution in [0.5, 0.6) is 5.75 Å². The first-order valence-electron chi connectivity index (χ1n) is 10.8. The number of nitro groups is 1. The molecule has 35 heavy (non-hydrogen) atoms. The first-order valence-corrected chi connectivity index (χ1v) is 10.8. The number of carbonyl (C=O) groups excluding carboxylic acids is 2. The Bertz CT molecular complexity index is 1490. The van der Waals surface area contributed by atoms with E-state index < -0.39 is 16.7 Å². The SMILES string of the molecule is O=C1NN(c2ccccc2)C(=O)/C1=C\c1ccc(OCc2cccc3ccccc23)c([N+](=O)[O-])c1. The van der Waals surface area contributed by atoms with E-state index in [0.29, 0.717) is 11.3 Å². The van der Waals surface area contributed by atoms with Crippen molar-refractivity contribution in [3.63, 3.8) is 0 Å². The van der Waals surface area contributed by atoms with Gasteiger partial charge in [-0.05, 0) is 46.2 Å². The summed E-state index contributed by atoms with van der Waals surface area (Å²) >= 11 is 0. The number of anilines is 1. The summed E-state index contributed by atoms with van der Waals surface area (Å²) < 4.78 is 5.82. The van der Waals surface area contributed by atoms with E-state index in [9.17, 15) is 19.7 Å². The maximum Gasteiger partial charge on any atom is 0.311 e. The van der Waals surface area contributed by atoms with E-state index >= 15 is 0 Å². The van der Waals surface area contributed by atoms with Crippen molar-refractivity contribution in [2.24, 2.45) is 0 Å². The van der Waals surface area contributed by atoms with Crippen molar-refractivity contribution in [3.8, 4) is 5.75 Å². The number of amides is 2. The minimum Gasteiger partial charge on any atom is -0.482 e. The van der Waals surface area contributed by atoms with Crippen LogP contribution in [0.15, 0.2) is 96.6 Å². The molecule has 1 aliphatic heterocycles. The monoisotopic (exact) mass is 465 g/mol. The van der Waals surface area contributed by atoms with E-state index in [-0.39, 0.29) is 23.6 Å². The van der Waals surface area contributed by atoms with Gasteiger partial charge in [0, 0.05) is 6.07 Å². The molecule has 0 atom stereocenters. The van der Waals surface area contributed by atoms with Gasteiger partial charge >= 0.3 is 5.69 Å². The fourth-order valence-electron chi connectivity index (χ4n) is 3.95. The maximum atomic E-state index is 12.8. The molecule has 1 aliphatic rings. The number of nitro benzene ring substituents is 1. The van der Waals surface area contributed by atoms with Crippen LogP contribution < -0.4 is 15.2 Å². The van der Waals surface area contributed by atoms with Gasteiger partial charge in [-0.25, -0.2) is 5.01 Å². The Morgan fingerprint density at radius 1 is 0.914 bits per heavy atom. The molecule has 4 aromatic carbocycles. The van der Waals surface area contributed by atoms with Gasteiger partial charge in [0.15, 0.2) is 5.75 Å². The molecule has 0 saturated carbocycles. The number of fused-ring (bicyclic) bond motifs is 1. The smallest absolute Gasteiger partial charge is 0.311 e. The van der Waals surface area contributed by atoms with Gasteiger partial charge in [0.2, 0.25) is 0 Å². The molecule has 0 radical (unpaired) electrons. The van der Waals surface area contributed by atoms with E-state index in [1.807, 2.05) is 42.5 Å². The zero-order valence-corrected chi connectivity index (χ0v) is 18.4. The maximum absolute atomic E-state index is 12.8. The highest BCUT2D eigenvalue weighted by molar-refractivity contribution is 6.31. The van der Waals surface area contributed by atoms with Crippen LogP contribution in [0.3, 0.4) is 0 Å². The van der Waals surface area contributed by atoms with Crippen molar-refractivity contribution in [2.45, 2.75) is 6.61 Å². The molecule has 0 unspecified atom stereocenters. The van der Waals surface area contributed by atoms with Gasteiger partial charge in [-0.1, -0.05) is 66.7 Å². The number of hydrogen-bond acceptors (Lipinski definition) is 5. The molecule has 1 fully saturated rings. The van der Waals surface area contributed by atoms with Crippen molar-refractivity contribution in [3.05, 3.63) is 118 Å². The predicted molar refractivity (Wildman–Crippen MR) is 131 cm³/mol. The Kier molecular flexibility index (Phi) is 5.68. The highest BCUT2D eigenvalue weighted by Crippen LogP contribution is 2.31. The third kappa shape index (κ3) is 4.32. The lowest BCUT2D eigenvalue weighted by Crippen LogP contribution is -2.35. The van der Waals surface area contributed by atoms with Crippen LogP contribution in [0.1, 0.15) is 11.1 Å². The average Bonchev–Trinajstić information content (AvgIpc) is 3.16. The average molecular weight is 465 g/mol. The number of nitrogens with zero attached hydrogens (tertiary/aromatic N) is 2. The summed E-state index contributed by atoms with van der Waals surface area (Å²) in [5.74, 6) is -1.03. The quantitative estimate of drug-likeness (QED) is 0.191. The Morgan fingerprint density at radius 2 is 1.66 bits per heavy atom. The summed E-state index contributed by atoms with van der Waals surface area (Å²) in [6, 6.07) is 26.6. The number of benzene rings is 4. The van der Waals surface area contributed by atoms with Crippen LogP contribution >= 0.6 is 0 Å². The van der Waals surface area contributed by atoms with E-state index in [4.69, 9.17) is 4.74 Å². The summed E-state index contributed by atoms with van der Waals surface area (Å²) in [6.07, 6.45) is 1.34. The zero-order valence-electron chi connectivity index (χ0n) is 18.4. The Morgan fingerprint density at radius 3 is 2.46 bits per heavy atom. The number of carbonyl (C=O) groups is 2. The molecule has 0 bridgehead atoms. The van der Waals surface area contributed by atoms with Gasteiger partial charge < -0.3 is 4.74 Å². The molecule has 1 N–H and O–H groups in total. The van der Waals surface area contributed by atoms with E-state index in [1.165, 1.54) is 18.2 Å². The lowest BCUT2D eigenvalue weighted by molar-refractivity contribution is -0.386. The molecule has 0 spiro atoms. The number of hydrazine groups is 1. The molecular formula is C27H19N3O5. The Labute approximate surface area is 200 Å². The first kappa shape index (κ1) is 21.8. The first-order chi connectivity index (χ1) is 17.0. The van der Waals surface area contributed by atoms with Crippen LogP contribution in [0, 0.1) is 10.1 Å². The Hall–Kier alpha value is -4.98. The third-order valence-corrected chi connectivity index (χ3v) is 5.66. The second kappa shape index (κ2) is 9.11. The molecule has 172 valence electrons. The molecule has 1 saturated heterocycles. The standard InChI is InChI=1S/C27H19N3O5/c31-26-23(27(32)29(28-26)21-10-2-1-3-11-21)15-18-13-14-25(24(16-18)30(33)34)35-17-20-9-6-8-19-7-4-5-12-22(19)20/h1-16H,17H2,(H,28,31)/b23-15-. The molecule has 4 aromatic rings. The van der Waals surface area contributed by atoms with Crippen molar-refractivity contribution in [1.29, 1.82) is 0 Å². The van der Waals surface area contributed by atoms with E-state index in [1.54, 1.807) is 36.4 Å². The van der Waals surface area contributed by atoms with Crippen LogP contribution in [0.4, 0.5) is 11.4 Å². The van der Waals surface area contributed by atoms with Gasteiger partial charge in [-0.15, -0.1) is 0 Å². The molecular weight excluding hydrogens is 446 g/mol. The lowest BCUT2D eigenvalue weighted by atomic mass is 10.1. The van der Waals surface area contributed by atoms with Crippen LogP contribution in [-0.4, -0.2) is 16.7 Å². The second-order valence-corrected chi connectivity index (χ2v) is 7.89. The van der Waals surface area contributed by atoms with Gasteiger partial charge in [0.25, 0.3) is 11.8 Å². The fourth-order valence-corrected chi connectivity index (χ4v) is 3.95. The summed E-state index contributed by atoms with van der Waals surface area (Å²) in [7, 11) is 0. The lowest BCUT2D eigenvalue weighted by Gasteiger charge is -2.13. The molecule has 1 heterocycles. The van der Waals surface area contributed by atoms with Gasteiger partial charge in [-0.2, -0.15) is 0 Å². The fraction of sp³-hybridized carbons (Fsp3) is 0.0370. The molecule has 2 amide bonds. The zero-order chi connectivity index (χ0) is 24.4. The molecule has 5 rings (SSSR count). The largest absolute Gasteiger partial charge is 0.482 e.